The summed E-state index contributed by atoms with van der Waals surface area (Å²) in [5, 5.41) is 9.12. The number of benzene rings is 2. The van der Waals surface area contributed by atoms with E-state index < -0.39 is 0 Å². The molecule has 0 fully saturated rings. The third-order valence-corrected chi connectivity index (χ3v) is 15.8. The van der Waals surface area contributed by atoms with Crippen LogP contribution in [-0.2, 0) is 46.2 Å². The summed E-state index contributed by atoms with van der Waals surface area (Å²) in [6.07, 6.45) is 13.0. The quantitative estimate of drug-likeness (QED) is 0.0723. The van der Waals surface area contributed by atoms with Gasteiger partial charge in [-0.15, -0.1) is 0 Å². The van der Waals surface area contributed by atoms with E-state index in [0.29, 0.717) is 70.1 Å². The molecule has 2 atom stereocenters. The van der Waals surface area contributed by atoms with Crippen LogP contribution in [0.2, 0.25) is 0 Å². The van der Waals surface area contributed by atoms with Gasteiger partial charge in [0.25, 0.3) is 0 Å². The van der Waals surface area contributed by atoms with Gasteiger partial charge in [-0.1, -0.05) is 310 Å². The first-order chi connectivity index (χ1) is 44.3. The van der Waals surface area contributed by atoms with Crippen molar-refractivity contribution in [3.8, 4) is 0 Å². The lowest BCUT2D eigenvalue weighted by molar-refractivity contribution is -0.130. The van der Waals surface area contributed by atoms with Crippen LogP contribution >= 0.6 is 0 Å². The zero-order valence-corrected chi connectivity index (χ0v) is 72.5. The highest BCUT2D eigenvalue weighted by molar-refractivity contribution is 5.87. The molecule has 99 heavy (non-hydrogen) atoms. The van der Waals surface area contributed by atoms with Crippen LogP contribution in [0.5, 0.6) is 0 Å². The summed E-state index contributed by atoms with van der Waals surface area (Å²) in [6, 6.07) is 20.2. The molecule has 0 aliphatic carbocycles. The molecular weight excluding hydrogens is 1220 g/mol. The standard InChI is InChI=1S/C22H35NO2.C19H31NO.C14H30O2.C12H25NO.C12H26O.C10H22/c1-21(2,3)12-13-23-20(25)18(14-17-10-8-7-9-11-17)15-19(24)16-22(4,5)6;1-18(2,3)12-13-20-17(21)16(19(4,5)6)14-15-10-8-7-9-11-15;1-13(2,3)7-9-15-11-12-16-10-8-14(4,5)6;1-11(2,3)7-8-13-10(14)9-12(4,5)6;1-11(2,3)7-9-13-10-8-12(4,5)6;1-9(2,3)7-8-10(4,5)6/h7-11,18H,12-16H2,1-6H3,(H,23,25);7-11,16H,12-14H2,1-6H3,(H,20,21);7-12H2,1-6H3;7-9H2,1-6H3,(H,13,14);7-10H2,1-6H3;7-8H2,1-6H3/t18-;16-;;;;/m10..../s1. The molecule has 0 bridgehead atoms. The smallest absolute Gasteiger partial charge is 0.223 e. The minimum absolute atomic E-state index is 0.000122. The second-order valence-corrected chi connectivity index (χ2v) is 42.8. The first-order valence-corrected chi connectivity index (χ1v) is 38.4. The van der Waals surface area contributed by atoms with Gasteiger partial charge < -0.3 is 30.2 Å². The average molecular weight is 1390 g/mol. The van der Waals surface area contributed by atoms with Crippen molar-refractivity contribution in [3.63, 3.8) is 0 Å². The lowest BCUT2D eigenvalue weighted by Crippen LogP contribution is -2.40. The van der Waals surface area contributed by atoms with E-state index in [2.05, 4.69) is 277 Å². The number of ketones is 1. The van der Waals surface area contributed by atoms with Gasteiger partial charge in [0, 0.05) is 77.2 Å². The topological polar surface area (TPSA) is 132 Å². The molecule has 10 nitrogen and oxygen atoms in total. The van der Waals surface area contributed by atoms with Gasteiger partial charge >= 0.3 is 0 Å². The molecule has 0 saturated carbocycles. The van der Waals surface area contributed by atoms with E-state index >= 15 is 0 Å². The molecule has 0 aromatic heterocycles. The van der Waals surface area contributed by atoms with Crippen LogP contribution in [0.25, 0.3) is 0 Å². The maximum Gasteiger partial charge on any atom is 0.223 e. The Morgan fingerprint density at radius 3 is 0.859 bits per heavy atom. The highest BCUT2D eigenvalue weighted by atomic mass is 16.5. The number of hydrogen-bond acceptors (Lipinski definition) is 7. The van der Waals surface area contributed by atoms with Gasteiger partial charge in [0.05, 0.1) is 13.2 Å². The monoisotopic (exact) mass is 1390 g/mol. The van der Waals surface area contributed by atoms with E-state index in [4.69, 9.17) is 14.2 Å². The molecule has 10 heteroatoms. The molecule has 2 aromatic rings. The summed E-state index contributed by atoms with van der Waals surface area (Å²) in [7, 11) is 0. The van der Waals surface area contributed by atoms with Crippen LogP contribution in [0.3, 0.4) is 0 Å². The fourth-order valence-electron chi connectivity index (χ4n) is 8.93. The number of carbonyl (C=O) groups excluding carboxylic acids is 4. The van der Waals surface area contributed by atoms with Crippen molar-refractivity contribution in [2.75, 3.05) is 59.3 Å². The van der Waals surface area contributed by atoms with E-state index in [9.17, 15) is 19.2 Å². The minimum atomic E-state index is -0.294. The van der Waals surface area contributed by atoms with Crippen molar-refractivity contribution in [1.82, 2.24) is 16.0 Å². The number of hydrogen-bond donors (Lipinski definition) is 3. The third-order valence-electron chi connectivity index (χ3n) is 15.8. The second kappa shape index (κ2) is 47.7. The SMILES string of the molecule is CC(C)(C)CCC(C)(C)C.CC(C)(C)CCNC(=O)CC(C)(C)C.CC(C)(C)CCNC(=O)[C@@H](CC(=O)CC(C)(C)C)Cc1ccccc1.CC(C)(C)CCNC(=O)[C@H](Cc1ccccc1)C(C)(C)C.CC(C)(C)CCOCCC(C)(C)C.CC(C)(C)CCOCCOCCC(C)(C)C. The summed E-state index contributed by atoms with van der Waals surface area (Å²) in [5.74, 6) is 0.212. The van der Waals surface area contributed by atoms with Crippen molar-refractivity contribution >= 4 is 23.5 Å². The van der Waals surface area contributed by atoms with Gasteiger partial charge in [-0.2, -0.15) is 0 Å². The summed E-state index contributed by atoms with van der Waals surface area (Å²) < 4.78 is 16.6. The van der Waals surface area contributed by atoms with Crippen LogP contribution < -0.4 is 16.0 Å². The Balaban J connectivity index is -0.000000561. The molecule has 0 aliphatic heterocycles. The molecule has 0 heterocycles. The molecule has 0 aliphatic rings. The Morgan fingerprint density at radius 2 is 0.576 bits per heavy atom. The molecule has 2 rings (SSSR count). The number of carbonyl (C=O) groups is 4. The number of Topliss-reactive ketones (excluding diaryl/α,β-unsaturated/α-hetero) is 1. The molecular formula is C89H169N3O7. The first kappa shape index (κ1) is 102. The van der Waals surface area contributed by atoms with E-state index in [0.717, 1.165) is 110 Å². The summed E-state index contributed by atoms with van der Waals surface area (Å²) in [4.78, 5) is 49.1. The molecule has 582 valence electrons. The Kier molecular flexibility index (Phi) is 49.0. The van der Waals surface area contributed by atoms with Crippen molar-refractivity contribution < 1.29 is 33.4 Å². The van der Waals surface area contributed by atoms with Crippen LogP contribution in [-0.4, -0.2) is 82.8 Å². The van der Waals surface area contributed by atoms with Gasteiger partial charge in [0.2, 0.25) is 17.7 Å². The van der Waals surface area contributed by atoms with Crippen LogP contribution in [0, 0.1) is 76.8 Å². The predicted molar refractivity (Wildman–Crippen MR) is 433 cm³/mol. The summed E-state index contributed by atoms with van der Waals surface area (Å²) >= 11 is 0. The molecule has 2 aromatic carbocycles. The predicted octanol–water partition coefficient (Wildman–Crippen LogP) is 23.8. The maximum absolute atomic E-state index is 12.7. The third kappa shape index (κ3) is 81.6. The van der Waals surface area contributed by atoms with Crippen LogP contribution in [0.4, 0.5) is 0 Å². The van der Waals surface area contributed by atoms with Crippen molar-refractivity contribution in [3.05, 3.63) is 71.8 Å². The number of rotatable bonds is 28. The number of ether oxygens (including phenoxy) is 3. The van der Waals surface area contributed by atoms with Crippen molar-refractivity contribution in [2.24, 2.45) is 76.8 Å². The van der Waals surface area contributed by atoms with Gasteiger partial charge in [0.15, 0.2) is 0 Å². The van der Waals surface area contributed by atoms with Crippen LogP contribution in [0.1, 0.15) is 337 Å². The van der Waals surface area contributed by atoms with Crippen molar-refractivity contribution in [1.29, 1.82) is 0 Å². The van der Waals surface area contributed by atoms with Gasteiger partial charge in [-0.25, -0.2) is 0 Å². The molecule has 3 amide bonds. The Labute approximate surface area is 616 Å². The summed E-state index contributed by atoms with van der Waals surface area (Å²) in [6.45, 7) is 86.3. The minimum Gasteiger partial charge on any atom is -0.381 e. The first-order valence-electron chi connectivity index (χ1n) is 38.4. The molecule has 0 spiro atoms. The van der Waals surface area contributed by atoms with Crippen molar-refractivity contribution in [2.45, 2.75) is 339 Å². The maximum atomic E-state index is 12.7. The largest absolute Gasteiger partial charge is 0.381 e. The number of amides is 3. The fourth-order valence-corrected chi connectivity index (χ4v) is 8.93. The second-order valence-electron chi connectivity index (χ2n) is 42.8. The molecule has 0 unspecified atom stereocenters. The Morgan fingerprint density at radius 1 is 0.303 bits per heavy atom. The Bertz CT molecular complexity index is 2310. The zero-order valence-electron chi connectivity index (χ0n) is 72.5. The molecule has 0 radical (unpaired) electrons. The fraction of sp³-hybridized carbons (Fsp3) is 0.820. The Hall–Kier alpha value is -3.60. The van der Waals surface area contributed by atoms with Crippen LogP contribution in [0.15, 0.2) is 60.7 Å². The zero-order chi connectivity index (χ0) is 78.2. The van der Waals surface area contributed by atoms with E-state index in [1.54, 1.807) is 0 Å². The highest BCUT2D eigenvalue weighted by Gasteiger charge is 2.32. The van der Waals surface area contributed by atoms with E-state index in [1.807, 2.05) is 48.5 Å². The summed E-state index contributed by atoms with van der Waals surface area (Å²) in [5.41, 5.74) is 5.63. The van der Waals surface area contributed by atoms with Gasteiger partial charge in [0.1, 0.15) is 5.78 Å². The van der Waals surface area contributed by atoms with E-state index in [1.165, 1.54) is 18.4 Å². The van der Waals surface area contributed by atoms with E-state index in [-0.39, 0.29) is 62.4 Å². The highest BCUT2D eigenvalue weighted by Crippen LogP contribution is 2.32. The molecule has 3 N–H and O–H groups in total. The van der Waals surface area contributed by atoms with Gasteiger partial charge in [-0.05, 0) is 147 Å². The van der Waals surface area contributed by atoms with Gasteiger partial charge in [-0.3, -0.25) is 19.2 Å². The molecule has 0 saturated heterocycles. The number of nitrogens with one attached hydrogen (secondary N) is 3. The average Bonchev–Trinajstić information content (AvgIpc) is 0.850. The normalized spacial score (nSPS) is 13.4. The lowest BCUT2D eigenvalue weighted by atomic mass is 9.76. The lowest BCUT2D eigenvalue weighted by Gasteiger charge is -2.30.